The standard InChI is InChI=1S/C14H16F3NO2/c15-14(16,17)11-5-3-4-10(8-11)12(19)18-9-13(20)6-1-2-7-13/h3-5,8,20H,1-2,6-7,9H2,(H,18,19). The Kier molecular flexibility index (Phi) is 4.04. The molecule has 0 aromatic heterocycles. The van der Waals surface area contributed by atoms with Gasteiger partial charge in [-0.3, -0.25) is 4.79 Å². The summed E-state index contributed by atoms with van der Waals surface area (Å²) in [5.41, 5.74) is -1.83. The molecule has 20 heavy (non-hydrogen) atoms. The number of amides is 1. The monoisotopic (exact) mass is 287 g/mol. The van der Waals surface area contributed by atoms with E-state index in [-0.39, 0.29) is 12.1 Å². The Balaban J connectivity index is 2.02. The molecule has 1 aromatic rings. The van der Waals surface area contributed by atoms with Gasteiger partial charge in [0.15, 0.2) is 0 Å². The van der Waals surface area contributed by atoms with Crippen LogP contribution in [0.4, 0.5) is 13.2 Å². The first-order chi connectivity index (χ1) is 9.30. The van der Waals surface area contributed by atoms with Crippen LogP contribution in [0, 0.1) is 0 Å². The summed E-state index contributed by atoms with van der Waals surface area (Å²) in [7, 11) is 0. The molecule has 2 rings (SSSR count). The van der Waals surface area contributed by atoms with Gasteiger partial charge in [0.05, 0.1) is 11.2 Å². The van der Waals surface area contributed by atoms with Crippen molar-refractivity contribution in [2.24, 2.45) is 0 Å². The third-order valence-corrected chi connectivity index (χ3v) is 3.56. The Morgan fingerprint density at radius 1 is 1.30 bits per heavy atom. The molecule has 0 heterocycles. The smallest absolute Gasteiger partial charge is 0.388 e. The van der Waals surface area contributed by atoms with Crippen LogP contribution >= 0.6 is 0 Å². The van der Waals surface area contributed by atoms with E-state index in [1.165, 1.54) is 12.1 Å². The van der Waals surface area contributed by atoms with E-state index in [4.69, 9.17) is 0 Å². The van der Waals surface area contributed by atoms with Crippen LogP contribution in [0.15, 0.2) is 24.3 Å². The number of halogens is 3. The number of rotatable bonds is 3. The third-order valence-electron chi connectivity index (χ3n) is 3.56. The van der Waals surface area contributed by atoms with Crippen LogP contribution < -0.4 is 5.32 Å². The highest BCUT2D eigenvalue weighted by Crippen LogP contribution is 2.30. The quantitative estimate of drug-likeness (QED) is 0.898. The lowest BCUT2D eigenvalue weighted by Crippen LogP contribution is -2.40. The van der Waals surface area contributed by atoms with Crippen LogP contribution in [0.25, 0.3) is 0 Å². The molecule has 1 aliphatic carbocycles. The van der Waals surface area contributed by atoms with Gasteiger partial charge < -0.3 is 10.4 Å². The molecule has 1 aromatic carbocycles. The minimum Gasteiger partial charge on any atom is -0.388 e. The van der Waals surface area contributed by atoms with E-state index in [1.54, 1.807) is 0 Å². The highest BCUT2D eigenvalue weighted by atomic mass is 19.4. The molecule has 1 fully saturated rings. The maximum absolute atomic E-state index is 12.6. The number of carbonyl (C=O) groups is 1. The van der Waals surface area contributed by atoms with Gasteiger partial charge in [-0.05, 0) is 31.0 Å². The summed E-state index contributed by atoms with van der Waals surface area (Å²) in [5, 5.41) is 12.6. The summed E-state index contributed by atoms with van der Waals surface area (Å²) in [5.74, 6) is -0.601. The minimum atomic E-state index is -4.47. The van der Waals surface area contributed by atoms with E-state index >= 15 is 0 Å². The first-order valence-corrected chi connectivity index (χ1v) is 6.48. The Bertz CT molecular complexity index is 493. The SMILES string of the molecule is O=C(NCC1(O)CCCC1)c1cccc(C(F)(F)F)c1. The van der Waals surface area contributed by atoms with Crippen molar-refractivity contribution in [3.8, 4) is 0 Å². The summed E-state index contributed by atoms with van der Waals surface area (Å²) in [6.07, 6.45) is -1.46. The van der Waals surface area contributed by atoms with Gasteiger partial charge in [0.1, 0.15) is 0 Å². The highest BCUT2D eigenvalue weighted by Gasteiger charge is 2.32. The lowest BCUT2D eigenvalue weighted by atomic mass is 10.0. The molecular formula is C14H16F3NO2. The van der Waals surface area contributed by atoms with Crippen LogP contribution in [-0.2, 0) is 6.18 Å². The van der Waals surface area contributed by atoms with E-state index in [1.807, 2.05) is 0 Å². The van der Waals surface area contributed by atoms with Crippen molar-refractivity contribution in [2.45, 2.75) is 37.5 Å². The van der Waals surface area contributed by atoms with Gasteiger partial charge in [-0.15, -0.1) is 0 Å². The van der Waals surface area contributed by atoms with E-state index in [2.05, 4.69) is 5.32 Å². The van der Waals surface area contributed by atoms with E-state index < -0.39 is 23.2 Å². The maximum Gasteiger partial charge on any atom is 0.416 e. The Hall–Kier alpha value is -1.56. The van der Waals surface area contributed by atoms with Crippen LogP contribution in [-0.4, -0.2) is 23.2 Å². The predicted molar refractivity (Wildman–Crippen MR) is 67.2 cm³/mol. The first-order valence-electron chi connectivity index (χ1n) is 6.48. The lowest BCUT2D eigenvalue weighted by Gasteiger charge is -2.22. The zero-order chi connectivity index (χ0) is 14.8. The molecule has 0 radical (unpaired) electrons. The average Bonchev–Trinajstić information content (AvgIpc) is 2.83. The molecule has 0 unspecified atom stereocenters. The van der Waals surface area contributed by atoms with Crippen molar-refractivity contribution >= 4 is 5.91 Å². The molecule has 2 N–H and O–H groups in total. The number of benzene rings is 1. The van der Waals surface area contributed by atoms with Gasteiger partial charge in [-0.2, -0.15) is 13.2 Å². The second-order valence-corrected chi connectivity index (χ2v) is 5.19. The minimum absolute atomic E-state index is 0.0542. The number of hydrogen-bond acceptors (Lipinski definition) is 2. The second kappa shape index (κ2) is 5.44. The molecule has 0 aliphatic heterocycles. The van der Waals surface area contributed by atoms with Gasteiger partial charge in [-0.25, -0.2) is 0 Å². The zero-order valence-electron chi connectivity index (χ0n) is 10.8. The topological polar surface area (TPSA) is 49.3 Å². The largest absolute Gasteiger partial charge is 0.416 e. The zero-order valence-corrected chi connectivity index (χ0v) is 10.8. The highest BCUT2D eigenvalue weighted by molar-refractivity contribution is 5.94. The predicted octanol–water partition coefficient (Wildman–Crippen LogP) is 2.74. The molecule has 110 valence electrons. The van der Waals surface area contributed by atoms with Gasteiger partial charge >= 0.3 is 6.18 Å². The fourth-order valence-corrected chi connectivity index (χ4v) is 2.39. The van der Waals surface area contributed by atoms with Gasteiger partial charge in [0.25, 0.3) is 5.91 Å². The van der Waals surface area contributed by atoms with Crippen LogP contribution in [0.2, 0.25) is 0 Å². The fraction of sp³-hybridized carbons (Fsp3) is 0.500. The number of nitrogens with one attached hydrogen (secondary N) is 1. The van der Waals surface area contributed by atoms with Gasteiger partial charge in [-0.1, -0.05) is 18.9 Å². The molecule has 6 heteroatoms. The van der Waals surface area contributed by atoms with E-state index in [9.17, 15) is 23.1 Å². The molecule has 1 saturated carbocycles. The number of alkyl halides is 3. The van der Waals surface area contributed by atoms with Crippen molar-refractivity contribution in [2.75, 3.05) is 6.54 Å². The molecule has 0 bridgehead atoms. The summed E-state index contributed by atoms with van der Waals surface area (Å²) in [6, 6.07) is 4.25. The van der Waals surface area contributed by atoms with Gasteiger partial charge in [0, 0.05) is 12.1 Å². The summed E-state index contributed by atoms with van der Waals surface area (Å²) >= 11 is 0. The first kappa shape index (κ1) is 14.8. The average molecular weight is 287 g/mol. The van der Waals surface area contributed by atoms with Crippen LogP contribution in [0.1, 0.15) is 41.6 Å². The molecular weight excluding hydrogens is 271 g/mol. The number of carbonyl (C=O) groups excluding carboxylic acids is 1. The molecule has 0 saturated heterocycles. The van der Waals surface area contributed by atoms with Crippen LogP contribution in [0.5, 0.6) is 0 Å². The van der Waals surface area contributed by atoms with Crippen molar-refractivity contribution in [1.82, 2.24) is 5.32 Å². The Labute approximate surface area is 114 Å². The van der Waals surface area contributed by atoms with Crippen LogP contribution in [0.3, 0.4) is 0 Å². The Morgan fingerprint density at radius 3 is 2.55 bits per heavy atom. The van der Waals surface area contributed by atoms with Crippen molar-refractivity contribution in [1.29, 1.82) is 0 Å². The van der Waals surface area contributed by atoms with E-state index in [0.717, 1.165) is 25.0 Å². The molecule has 3 nitrogen and oxygen atoms in total. The maximum atomic E-state index is 12.6. The Morgan fingerprint density at radius 2 is 1.95 bits per heavy atom. The summed E-state index contributed by atoms with van der Waals surface area (Å²) < 4.78 is 37.7. The molecule has 1 aliphatic rings. The third kappa shape index (κ3) is 3.50. The molecule has 0 spiro atoms. The number of aliphatic hydroxyl groups is 1. The van der Waals surface area contributed by atoms with E-state index in [0.29, 0.717) is 12.8 Å². The van der Waals surface area contributed by atoms with Crippen molar-refractivity contribution in [3.63, 3.8) is 0 Å². The fourth-order valence-electron chi connectivity index (χ4n) is 2.39. The summed E-state index contributed by atoms with van der Waals surface area (Å²) in [4.78, 5) is 11.8. The van der Waals surface area contributed by atoms with Crippen molar-refractivity contribution < 1.29 is 23.1 Å². The molecule has 1 amide bonds. The normalized spacial score (nSPS) is 18.0. The number of hydrogen-bond donors (Lipinski definition) is 2. The summed E-state index contributed by atoms with van der Waals surface area (Å²) in [6.45, 7) is 0.0715. The second-order valence-electron chi connectivity index (χ2n) is 5.19. The lowest BCUT2D eigenvalue weighted by molar-refractivity contribution is -0.137. The van der Waals surface area contributed by atoms with Crippen molar-refractivity contribution in [3.05, 3.63) is 35.4 Å². The molecule has 0 atom stereocenters. The van der Waals surface area contributed by atoms with Gasteiger partial charge in [0.2, 0.25) is 0 Å².